The number of carbonyl (C=O) groups excluding carboxylic acids is 2. The van der Waals surface area contributed by atoms with Crippen molar-refractivity contribution in [2.24, 2.45) is 14.1 Å². The number of hydrogen-bond acceptors (Lipinski definition) is 10. The number of esters is 2. The summed E-state index contributed by atoms with van der Waals surface area (Å²) in [6.07, 6.45) is 0.398. The minimum Gasteiger partial charge on any atom is -0.507 e. The molecule has 3 heterocycles. The molecule has 14 heteroatoms. The Hall–Kier alpha value is -5.37. The number of methoxy groups -OCH3 is 3. The maximum atomic E-state index is 13.2. The maximum Gasteiger partial charge on any atom is 0.354 e. The molecule has 0 aliphatic heterocycles. The molecule has 4 aromatic carbocycles. The van der Waals surface area contributed by atoms with Gasteiger partial charge in [0.1, 0.15) is 17.2 Å². The number of rotatable bonds is 15. The van der Waals surface area contributed by atoms with Crippen molar-refractivity contribution >= 4 is 68.7 Å². The molecular weight excluding hydrogens is 794 g/mol. The second-order valence-electron chi connectivity index (χ2n) is 13.9. The zero-order valence-electron chi connectivity index (χ0n) is 33.2. The number of benzene rings is 4. The van der Waals surface area contributed by atoms with Crippen LogP contribution in [0.3, 0.4) is 0 Å². The van der Waals surface area contributed by atoms with Gasteiger partial charge in [-0.3, -0.25) is 14.2 Å². The van der Waals surface area contributed by atoms with E-state index in [4.69, 9.17) is 36.0 Å². The quantitative estimate of drug-likeness (QED) is 0.0790. The molecule has 0 fully saturated rings. The van der Waals surface area contributed by atoms with Crippen molar-refractivity contribution < 1.29 is 28.9 Å². The normalized spacial score (nSPS) is 11.4. The van der Waals surface area contributed by atoms with Crippen molar-refractivity contribution in [3.8, 4) is 22.6 Å². The van der Waals surface area contributed by atoms with Crippen molar-refractivity contribution in [2.75, 3.05) is 21.3 Å². The fraction of sp³-hybridized carbons (Fsp3) is 0.273. The third-order valence-electron chi connectivity index (χ3n) is 10.3. The van der Waals surface area contributed by atoms with E-state index >= 15 is 0 Å². The van der Waals surface area contributed by atoms with Gasteiger partial charge in [-0.1, -0.05) is 54.1 Å². The van der Waals surface area contributed by atoms with Crippen LogP contribution in [0.5, 0.6) is 11.5 Å². The molecule has 0 unspecified atom stereocenters. The molecule has 7 rings (SSSR count). The third-order valence-corrected chi connectivity index (χ3v) is 12.6. The molecule has 0 atom stereocenters. The number of aromatic hydroxyl groups is 1. The van der Waals surface area contributed by atoms with Gasteiger partial charge in [0.05, 0.1) is 49.8 Å². The Kier molecular flexibility index (Phi) is 12.4. The minimum absolute atomic E-state index is 0.106. The summed E-state index contributed by atoms with van der Waals surface area (Å²) in [7, 11) is 8.08. The van der Waals surface area contributed by atoms with Crippen LogP contribution >= 0.6 is 35.1 Å². The summed E-state index contributed by atoms with van der Waals surface area (Å²) in [4.78, 5) is 26.3. The summed E-state index contributed by atoms with van der Waals surface area (Å²) in [5.74, 6) is 2.05. The van der Waals surface area contributed by atoms with E-state index in [1.54, 1.807) is 30.6 Å². The standard InChI is InChI=1S/C44H44ClN5O6S2/c1-26-40(41-36(45)17-15-34-35(16-18-39(52)55-5)43(44(53)56-6)48(2)42(34)41)37(47-49(26)3)25-57-23-29-20-30(50(46-29)22-27-11-13-31(54-4)14-12-27)24-58-32-19-28-9-7-8-10-33(28)38(51)21-32/h7-15,17,19-21,51H,16,18,22-25H2,1-6H3. The molecule has 0 spiro atoms. The number of aryl methyl sites for hydroxylation is 3. The first kappa shape index (κ1) is 40.8. The van der Waals surface area contributed by atoms with E-state index in [-0.39, 0.29) is 18.1 Å². The maximum absolute atomic E-state index is 13.2. The molecule has 0 bridgehead atoms. The molecule has 0 radical (unpaired) electrons. The van der Waals surface area contributed by atoms with Gasteiger partial charge in [-0.05, 0) is 66.3 Å². The molecule has 0 aliphatic rings. The Bertz CT molecular complexity index is 2650. The SMILES string of the molecule is COC(=O)CCc1c(C(=O)OC)n(C)c2c(-c3c(CSCc4cc(CSc5cc(O)c6ccccc6c5)n(Cc5ccc(OC)cc5)n4)nn(C)c3C)c(Cl)ccc12. The number of phenols is 1. The van der Waals surface area contributed by atoms with E-state index in [0.717, 1.165) is 71.8 Å². The van der Waals surface area contributed by atoms with Crippen LogP contribution in [0.1, 0.15) is 50.8 Å². The highest BCUT2D eigenvalue weighted by Gasteiger charge is 2.28. The molecule has 0 aliphatic carbocycles. The van der Waals surface area contributed by atoms with Gasteiger partial charge in [-0.2, -0.15) is 10.2 Å². The van der Waals surface area contributed by atoms with Gasteiger partial charge in [0.15, 0.2) is 0 Å². The molecule has 0 amide bonds. The monoisotopic (exact) mass is 837 g/mol. The number of ether oxygens (including phenoxy) is 3. The molecule has 1 N–H and O–H groups in total. The van der Waals surface area contributed by atoms with Crippen LogP contribution < -0.4 is 4.74 Å². The summed E-state index contributed by atoms with van der Waals surface area (Å²) in [5, 5.41) is 23.9. The summed E-state index contributed by atoms with van der Waals surface area (Å²) in [6.45, 7) is 2.60. The molecule has 0 saturated carbocycles. The van der Waals surface area contributed by atoms with E-state index < -0.39 is 5.97 Å². The average molecular weight is 838 g/mol. The van der Waals surface area contributed by atoms with Gasteiger partial charge < -0.3 is 23.9 Å². The Morgan fingerprint density at radius 3 is 2.38 bits per heavy atom. The molecule has 3 aromatic heterocycles. The van der Waals surface area contributed by atoms with Gasteiger partial charge in [-0.25, -0.2) is 4.79 Å². The number of nitrogens with zero attached hydrogens (tertiary/aromatic N) is 5. The topological polar surface area (TPSA) is 123 Å². The second-order valence-corrected chi connectivity index (χ2v) is 16.3. The van der Waals surface area contributed by atoms with Crippen LogP contribution in [0.15, 0.2) is 83.8 Å². The molecule has 58 heavy (non-hydrogen) atoms. The predicted molar refractivity (Wildman–Crippen MR) is 231 cm³/mol. The smallest absolute Gasteiger partial charge is 0.354 e. The average Bonchev–Trinajstić information content (AvgIpc) is 3.85. The van der Waals surface area contributed by atoms with Crippen LogP contribution in [0, 0.1) is 6.92 Å². The van der Waals surface area contributed by atoms with Gasteiger partial charge in [0.25, 0.3) is 0 Å². The first-order chi connectivity index (χ1) is 28.0. The molecule has 11 nitrogen and oxygen atoms in total. The molecule has 0 saturated heterocycles. The number of carbonyl (C=O) groups is 2. The van der Waals surface area contributed by atoms with Crippen LogP contribution in [-0.4, -0.2) is 62.5 Å². The van der Waals surface area contributed by atoms with Crippen LogP contribution in [0.4, 0.5) is 0 Å². The highest BCUT2D eigenvalue weighted by molar-refractivity contribution is 7.98. The van der Waals surface area contributed by atoms with Gasteiger partial charge in [-0.15, -0.1) is 23.5 Å². The lowest BCUT2D eigenvalue weighted by atomic mass is 9.98. The van der Waals surface area contributed by atoms with E-state index in [1.807, 2.05) is 97.0 Å². The number of aromatic nitrogens is 5. The van der Waals surface area contributed by atoms with Gasteiger partial charge in [0.2, 0.25) is 0 Å². The zero-order chi connectivity index (χ0) is 41.1. The lowest BCUT2D eigenvalue weighted by Gasteiger charge is -2.12. The Morgan fingerprint density at radius 1 is 0.862 bits per heavy atom. The zero-order valence-corrected chi connectivity index (χ0v) is 35.6. The lowest BCUT2D eigenvalue weighted by molar-refractivity contribution is -0.140. The summed E-state index contributed by atoms with van der Waals surface area (Å²) in [6, 6.07) is 25.6. The highest BCUT2D eigenvalue weighted by atomic mass is 35.5. The van der Waals surface area contributed by atoms with Crippen molar-refractivity contribution in [2.45, 2.75) is 48.5 Å². The van der Waals surface area contributed by atoms with Gasteiger partial charge >= 0.3 is 11.9 Å². The van der Waals surface area contributed by atoms with Crippen LogP contribution in [0.2, 0.25) is 5.02 Å². The van der Waals surface area contributed by atoms with E-state index in [2.05, 4.69) is 16.8 Å². The number of hydrogen-bond donors (Lipinski definition) is 1. The number of phenolic OH excluding ortho intramolecular Hbond substituents is 1. The van der Waals surface area contributed by atoms with Crippen molar-refractivity contribution in [3.05, 3.63) is 123 Å². The van der Waals surface area contributed by atoms with E-state index in [0.29, 0.717) is 46.5 Å². The highest BCUT2D eigenvalue weighted by Crippen LogP contribution is 2.43. The van der Waals surface area contributed by atoms with Crippen LogP contribution in [-0.2, 0) is 58.6 Å². The van der Waals surface area contributed by atoms with Gasteiger partial charge in [0, 0.05) is 76.0 Å². The molecule has 300 valence electrons. The fourth-order valence-corrected chi connectivity index (χ4v) is 9.43. The van der Waals surface area contributed by atoms with Crippen molar-refractivity contribution in [1.82, 2.24) is 24.1 Å². The third kappa shape index (κ3) is 8.29. The van der Waals surface area contributed by atoms with Crippen molar-refractivity contribution in [1.29, 1.82) is 0 Å². The Labute approximate surface area is 350 Å². The number of halogens is 1. The Balaban J connectivity index is 1.18. The lowest BCUT2D eigenvalue weighted by Crippen LogP contribution is -2.11. The summed E-state index contributed by atoms with van der Waals surface area (Å²) in [5.41, 5.74) is 8.33. The first-order valence-electron chi connectivity index (χ1n) is 18.6. The van der Waals surface area contributed by atoms with E-state index in [9.17, 15) is 14.7 Å². The second kappa shape index (κ2) is 17.6. The fourth-order valence-electron chi connectivity index (χ4n) is 7.38. The predicted octanol–water partition coefficient (Wildman–Crippen LogP) is 9.27. The minimum atomic E-state index is -0.501. The molecular formula is C44H44ClN5O6S2. The van der Waals surface area contributed by atoms with Crippen LogP contribution in [0.25, 0.3) is 32.8 Å². The number of thioether (sulfide) groups is 2. The van der Waals surface area contributed by atoms with E-state index in [1.165, 1.54) is 14.2 Å². The Morgan fingerprint density at radius 2 is 1.64 bits per heavy atom. The molecule has 7 aromatic rings. The van der Waals surface area contributed by atoms with Crippen molar-refractivity contribution in [3.63, 3.8) is 0 Å². The largest absolute Gasteiger partial charge is 0.507 e. The first-order valence-corrected chi connectivity index (χ1v) is 21.1. The summed E-state index contributed by atoms with van der Waals surface area (Å²) < 4.78 is 21.2. The summed E-state index contributed by atoms with van der Waals surface area (Å²) >= 11 is 10.4. The number of fused-ring (bicyclic) bond motifs is 2.